The van der Waals surface area contributed by atoms with Gasteiger partial charge in [0.2, 0.25) is 0 Å². The largest absolute Gasteiger partial charge is 0.496 e. The molecule has 0 radical (unpaired) electrons. The van der Waals surface area contributed by atoms with Crippen LogP contribution >= 0.6 is 0 Å². The van der Waals surface area contributed by atoms with Crippen LogP contribution in [0.25, 0.3) is 0 Å². The Morgan fingerprint density at radius 1 is 0.864 bits per heavy atom. The zero-order valence-corrected chi connectivity index (χ0v) is 13.1. The molecule has 2 aromatic carbocycles. The third kappa shape index (κ3) is 2.98. The van der Waals surface area contributed by atoms with Crippen molar-refractivity contribution >= 4 is 11.6 Å². The molecule has 0 saturated heterocycles. The summed E-state index contributed by atoms with van der Waals surface area (Å²) in [5.41, 5.74) is 1.20. The van der Waals surface area contributed by atoms with Gasteiger partial charge < -0.3 is 19.1 Å². The van der Waals surface area contributed by atoms with Crippen LogP contribution in [0.15, 0.2) is 42.5 Å². The number of nitrogens with zero attached hydrogens (tertiary/aromatic N) is 1. The molecule has 5 nitrogen and oxygen atoms in total. The maximum Gasteiger partial charge on any atom is 0.261 e. The molecule has 0 atom stereocenters. The van der Waals surface area contributed by atoms with E-state index in [0.29, 0.717) is 28.5 Å². The first-order chi connectivity index (χ1) is 10.6. The predicted octanol–water partition coefficient (Wildman–Crippen LogP) is 2.99. The molecule has 0 aliphatic carbocycles. The van der Waals surface area contributed by atoms with Crippen molar-refractivity contribution in [2.24, 2.45) is 0 Å². The summed E-state index contributed by atoms with van der Waals surface area (Å²) >= 11 is 0. The molecule has 0 heterocycles. The summed E-state index contributed by atoms with van der Waals surface area (Å²) in [7, 11) is 6.38. The number of ether oxygens (including phenoxy) is 3. The molecule has 0 saturated carbocycles. The molecule has 116 valence electrons. The summed E-state index contributed by atoms with van der Waals surface area (Å²) in [6.45, 7) is 0. The molecular weight excluding hydrogens is 282 g/mol. The molecule has 0 aromatic heterocycles. The van der Waals surface area contributed by atoms with Crippen LogP contribution in [0.4, 0.5) is 5.69 Å². The molecule has 1 amide bonds. The van der Waals surface area contributed by atoms with Gasteiger partial charge in [-0.05, 0) is 24.3 Å². The number of hydrogen-bond acceptors (Lipinski definition) is 4. The smallest absolute Gasteiger partial charge is 0.261 e. The highest BCUT2D eigenvalue weighted by Crippen LogP contribution is 2.32. The fourth-order valence-corrected chi connectivity index (χ4v) is 2.15. The summed E-state index contributed by atoms with van der Waals surface area (Å²) in [4.78, 5) is 14.2. The topological polar surface area (TPSA) is 48.0 Å². The maximum atomic E-state index is 12.7. The first-order valence-corrected chi connectivity index (χ1v) is 6.75. The number of carbonyl (C=O) groups excluding carboxylic acids is 1. The number of amides is 1. The SMILES string of the molecule is COc1ccc(N(C)C(=O)c2ccccc2OC)cc1OC. The van der Waals surface area contributed by atoms with Gasteiger partial charge in [-0.15, -0.1) is 0 Å². The average molecular weight is 301 g/mol. The normalized spacial score (nSPS) is 10.0. The summed E-state index contributed by atoms with van der Waals surface area (Å²) in [6.07, 6.45) is 0. The van der Waals surface area contributed by atoms with E-state index in [2.05, 4.69) is 0 Å². The Morgan fingerprint density at radius 2 is 1.50 bits per heavy atom. The van der Waals surface area contributed by atoms with Gasteiger partial charge in [-0.3, -0.25) is 4.79 Å². The lowest BCUT2D eigenvalue weighted by atomic mass is 10.1. The van der Waals surface area contributed by atoms with Crippen molar-refractivity contribution in [3.63, 3.8) is 0 Å². The lowest BCUT2D eigenvalue weighted by Crippen LogP contribution is -2.26. The minimum atomic E-state index is -0.162. The fourth-order valence-electron chi connectivity index (χ4n) is 2.15. The Labute approximate surface area is 130 Å². The number of carbonyl (C=O) groups is 1. The van der Waals surface area contributed by atoms with Crippen molar-refractivity contribution in [3.8, 4) is 17.2 Å². The van der Waals surface area contributed by atoms with Gasteiger partial charge in [0.25, 0.3) is 5.91 Å². The third-order valence-corrected chi connectivity index (χ3v) is 3.40. The van der Waals surface area contributed by atoms with Crippen molar-refractivity contribution in [1.82, 2.24) is 0 Å². The minimum Gasteiger partial charge on any atom is -0.496 e. The second kappa shape index (κ2) is 6.85. The summed E-state index contributed by atoms with van der Waals surface area (Å²) < 4.78 is 15.7. The zero-order chi connectivity index (χ0) is 16.1. The predicted molar refractivity (Wildman–Crippen MR) is 85.3 cm³/mol. The van der Waals surface area contributed by atoms with E-state index < -0.39 is 0 Å². The quantitative estimate of drug-likeness (QED) is 0.852. The van der Waals surface area contributed by atoms with Crippen molar-refractivity contribution in [2.45, 2.75) is 0 Å². The Hall–Kier alpha value is -2.69. The number of para-hydroxylation sites is 1. The first kappa shape index (κ1) is 15.7. The Bertz CT molecular complexity index is 669. The van der Waals surface area contributed by atoms with Crippen molar-refractivity contribution < 1.29 is 19.0 Å². The van der Waals surface area contributed by atoms with E-state index in [-0.39, 0.29) is 5.91 Å². The summed E-state index contributed by atoms with van der Waals surface area (Å²) in [5.74, 6) is 1.56. The van der Waals surface area contributed by atoms with Crippen LogP contribution in [-0.4, -0.2) is 34.3 Å². The van der Waals surface area contributed by atoms with Crippen LogP contribution in [-0.2, 0) is 0 Å². The highest BCUT2D eigenvalue weighted by Gasteiger charge is 2.18. The van der Waals surface area contributed by atoms with Crippen molar-refractivity contribution in [2.75, 3.05) is 33.3 Å². The monoisotopic (exact) mass is 301 g/mol. The van der Waals surface area contributed by atoms with Gasteiger partial charge in [-0.1, -0.05) is 12.1 Å². The number of methoxy groups -OCH3 is 3. The average Bonchev–Trinajstić information content (AvgIpc) is 2.59. The van der Waals surface area contributed by atoms with Crippen LogP contribution in [0.5, 0.6) is 17.2 Å². The number of anilines is 1. The van der Waals surface area contributed by atoms with Gasteiger partial charge in [-0.25, -0.2) is 0 Å². The molecule has 2 aromatic rings. The van der Waals surface area contributed by atoms with E-state index in [0.717, 1.165) is 0 Å². The van der Waals surface area contributed by atoms with Crippen LogP contribution < -0.4 is 19.1 Å². The van der Waals surface area contributed by atoms with E-state index in [1.54, 1.807) is 69.7 Å². The lowest BCUT2D eigenvalue weighted by Gasteiger charge is -2.20. The second-order valence-corrected chi connectivity index (χ2v) is 4.60. The molecule has 0 spiro atoms. The highest BCUT2D eigenvalue weighted by molar-refractivity contribution is 6.07. The Balaban J connectivity index is 2.35. The number of hydrogen-bond donors (Lipinski definition) is 0. The van der Waals surface area contributed by atoms with Gasteiger partial charge in [-0.2, -0.15) is 0 Å². The van der Waals surface area contributed by atoms with Gasteiger partial charge in [0.15, 0.2) is 11.5 Å². The molecule has 0 aliphatic heterocycles. The van der Waals surface area contributed by atoms with Gasteiger partial charge in [0.1, 0.15) is 5.75 Å². The van der Waals surface area contributed by atoms with E-state index in [4.69, 9.17) is 14.2 Å². The van der Waals surface area contributed by atoms with E-state index in [1.807, 2.05) is 6.07 Å². The number of benzene rings is 2. The number of rotatable bonds is 5. The van der Waals surface area contributed by atoms with Gasteiger partial charge in [0.05, 0.1) is 26.9 Å². The zero-order valence-electron chi connectivity index (χ0n) is 13.1. The first-order valence-electron chi connectivity index (χ1n) is 6.75. The molecule has 0 bridgehead atoms. The fraction of sp³-hybridized carbons (Fsp3) is 0.235. The maximum absolute atomic E-state index is 12.7. The molecule has 5 heteroatoms. The standard InChI is InChI=1S/C17H19NO4/c1-18(12-9-10-15(21-3)16(11-12)22-4)17(19)13-7-5-6-8-14(13)20-2/h5-11H,1-4H3. The van der Waals surface area contributed by atoms with Gasteiger partial charge >= 0.3 is 0 Å². The molecule has 22 heavy (non-hydrogen) atoms. The molecule has 0 fully saturated rings. The minimum absolute atomic E-state index is 0.162. The van der Waals surface area contributed by atoms with E-state index >= 15 is 0 Å². The van der Waals surface area contributed by atoms with Crippen LogP contribution in [0.1, 0.15) is 10.4 Å². The second-order valence-electron chi connectivity index (χ2n) is 4.60. The van der Waals surface area contributed by atoms with Crippen LogP contribution in [0.3, 0.4) is 0 Å². The third-order valence-electron chi connectivity index (χ3n) is 3.40. The highest BCUT2D eigenvalue weighted by atomic mass is 16.5. The molecular formula is C17H19NO4. The van der Waals surface area contributed by atoms with Gasteiger partial charge in [0, 0.05) is 18.8 Å². The van der Waals surface area contributed by atoms with Crippen molar-refractivity contribution in [3.05, 3.63) is 48.0 Å². The van der Waals surface area contributed by atoms with Crippen LogP contribution in [0.2, 0.25) is 0 Å². The summed E-state index contributed by atoms with van der Waals surface area (Å²) in [5, 5.41) is 0. The van der Waals surface area contributed by atoms with E-state index in [1.165, 1.54) is 0 Å². The molecule has 2 rings (SSSR count). The van der Waals surface area contributed by atoms with E-state index in [9.17, 15) is 4.79 Å². The lowest BCUT2D eigenvalue weighted by molar-refractivity contribution is 0.0990. The molecule has 0 N–H and O–H groups in total. The Kier molecular flexibility index (Phi) is 4.88. The molecule has 0 unspecified atom stereocenters. The van der Waals surface area contributed by atoms with Crippen LogP contribution in [0, 0.1) is 0 Å². The summed E-state index contributed by atoms with van der Waals surface area (Å²) in [6, 6.07) is 12.4. The Morgan fingerprint density at radius 3 is 2.14 bits per heavy atom. The molecule has 0 aliphatic rings. The van der Waals surface area contributed by atoms with Crippen molar-refractivity contribution in [1.29, 1.82) is 0 Å².